The molecule has 1 unspecified atom stereocenters. The molecule has 1 fully saturated rings. The highest BCUT2D eigenvalue weighted by Gasteiger charge is 2.36. The van der Waals surface area contributed by atoms with Crippen LogP contribution in [0.2, 0.25) is 0 Å². The number of anilines is 1. The Morgan fingerprint density at radius 1 is 1.22 bits per heavy atom. The largest absolute Gasteiger partial charge is 0.458 e. The summed E-state index contributed by atoms with van der Waals surface area (Å²) >= 11 is 1.52. The smallest absolute Gasteiger partial charge is 0.311 e. The van der Waals surface area contributed by atoms with Crippen molar-refractivity contribution in [3.63, 3.8) is 0 Å². The predicted molar refractivity (Wildman–Crippen MR) is 106 cm³/mol. The lowest BCUT2D eigenvalue weighted by Gasteiger charge is -2.19. The highest BCUT2D eigenvalue weighted by atomic mass is 32.1. The van der Waals surface area contributed by atoms with Crippen molar-refractivity contribution in [1.82, 2.24) is 4.98 Å². The fraction of sp³-hybridized carbons (Fsp3) is 0.286. The number of carbonyl (C=O) groups excluding carboxylic acids is 2. The third kappa shape index (κ3) is 3.57. The van der Waals surface area contributed by atoms with E-state index in [1.807, 2.05) is 48.5 Å². The zero-order chi connectivity index (χ0) is 18.8. The molecule has 3 aromatic rings. The van der Waals surface area contributed by atoms with Crippen LogP contribution in [0.1, 0.15) is 23.9 Å². The van der Waals surface area contributed by atoms with Crippen molar-refractivity contribution < 1.29 is 14.3 Å². The van der Waals surface area contributed by atoms with E-state index < -0.39 is 5.92 Å². The van der Waals surface area contributed by atoms with Crippen LogP contribution >= 0.6 is 11.3 Å². The number of amides is 1. The minimum absolute atomic E-state index is 0.0298. The Labute approximate surface area is 161 Å². The third-order valence-electron chi connectivity index (χ3n) is 4.80. The monoisotopic (exact) mass is 380 g/mol. The first-order chi connectivity index (χ1) is 13.2. The van der Waals surface area contributed by atoms with Gasteiger partial charge in [-0.15, -0.1) is 11.3 Å². The number of para-hydroxylation sites is 2. The molecule has 0 radical (unpaired) electrons. The molecule has 2 aromatic carbocycles. The molecule has 0 aliphatic carbocycles. The van der Waals surface area contributed by atoms with Crippen LogP contribution in [-0.4, -0.2) is 23.4 Å². The summed E-state index contributed by atoms with van der Waals surface area (Å²) in [5.74, 6) is -0.797. The number of thiazole rings is 1. The number of aromatic nitrogens is 1. The number of hydrogen-bond acceptors (Lipinski definition) is 5. The molecule has 27 heavy (non-hydrogen) atoms. The molecule has 1 aliphatic rings. The van der Waals surface area contributed by atoms with E-state index in [0.717, 1.165) is 32.9 Å². The second-order valence-electron chi connectivity index (χ2n) is 6.57. The van der Waals surface area contributed by atoms with Crippen molar-refractivity contribution in [2.45, 2.75) is 26.4 Å². The van der Waals surface area contributed by atoms with Crippen molar-refractivity contribution in [2.24, 2.45) is 5.92 Å². The van der Waals surface area contributed by atoms with Crippen molar-refractivity contribution in [3.8, 4) is 0 Å². The predicted octanol–water partition coefficient (Wildman–Crippen LogP) is 3.96. The molecule has 0 saturated carbocycles. The molecular formula is C21H20N2O3S. The highest BCUT2D eigenvalue weighted by molar-refractivity contribution is 7.18. The van der Waals surface area contributed by atoms with Crippen molar-refractivity contribution in [2.75, 3.05) is 11.4 Å². The van der Waals surface area contributed by atoms with E-state index in [2.05, 4.69) is 11.9 Å². The van der Waals surface area contributed by atoms with E-state index in [1.54, 1.807) is 4.90 Å². The Kier molecular flexibility index (Phi) is 4.90. The number of hydrogen-bond donors (Lipinski definition) is 0. The van der Waals surface area contributed by atoms with Crippen LogP contribution in [-0.2, 0) is 27.4 Å². The molecule has 1 atom stereocenters. The van der Waals surface area contributed by atoms with E-state index >= 15 is 0 Å². The second kappa shape index (κ2) is 7.48. The van der Waals surface area contributed by atoms with Gasteiger partial charge in [-0.1, -0.05) is 37.3 Å². The molecule has 138 valence electrons. The standard InChI is InChI=1S/C21H20N2O3S/c1-2-14-7-3-5-9-17(14)23-12-15(11-20(23)24)21(25)26-13-19-22-16-8-4-6-10-18(16)27-19/h3-10,15H,2,11-13H2,1H3. The van der Waals surface area contributed by atoms with Gasteiger partial charge in [0.15, 0.2) is 0 Å². The first-order valence-corrected chi connectivity index (χ1v) is 9.86. The number of fused-ring (bicyclic) bond motifs is 1. The summed E-state index contributed by atoms with van der Waals surface area (Å²) in [7, 11) is 0. The molecule has 1 aliphatic heterocycles. The van der Waals surface area contributed by atoms with Crippen LogP contribution in [0, 0.1) is 5.92 Å². The molecule has 1 aromatic heterocycles. The van der Waals surface area contributed by atoms with Gasteiger partial charge in [-0.05, 0) is 30.2 Å². The molecule has 2 heterocycles. The molecule has 0 bridgehead atoms. The maximum Gasteiger partial charge on any atom is 0.311 e. The topological polar surface area (TPSA) is 59.5 Å². The van der Waals surface area contributed by atoms with Crippen LogP contribution < -0.4 is 4.90 Å². The number of benzene rings is 2. The zero-order valence-electron chi connectivity index (χ0n) is 15.1. The number of nitrogens with zero attached hydrogens (tertiary/aromatic N) is 2. The second-order valence-corrected chi connectivity index (χ2v) is 7.69. The van der Waals surface area contributed by atoms with Gasteiger partial charge in [0.05, 0.1) is 16.1 Å². The SMILES string of the molecule is CCc1ccccc1N1CC(C(=O)OCc2nc3ccccc3s2)CC1=O. The normalized spacial score (nSPS) is 16.9. The van der Waals surface area contributed by atoms with Gasteiger partial charge in [0.2, 0.25) is 5.91 Å². The van der Waals surface area contributed by atoms with Crippen molar-refractivity contribution >= 4 is 39.1 Å². The Balaban J connectivity index is 1.41. The molecule has 0 spiro atoms. The minimum Gasteiger partial charge on any atom is -0.458 e. The summed E-state index contributed by atoms with van der Waals surface area (Å²) in [6.07, 6.45) is 1.03. The molecule has 4 rings (SSSR count). The number of esters is 1. The van der Waals surface area contributed by atoms with Gasteiger partial charge in [0, 0.05) is 18.7 Å². The van der Waals surface area contributed by atoms with Crippen molar-refractivity contribution in [3.05, 3.63) is 59.1 Å². The maximum absolute atomic E-state index is 12.5. The molecule has 0 N–H and O–H groups in total. The van der Waals surface area contributed by atoms with Crippen LogP contribution in [0.5, 0.6) is 0 Å². The summed E-state index contributed by atoms with van der Waals surface area (Å²) in [5, 5.41) is 0.766. The van der Waals surface area contributed by atoms with Crippen LogP contribution in [0.25, 0.3) is 10.2 Å². The number of ether oxygens (including phenoxy) is 1. The van der Waals surface area contributed by atoms with Gasteiger partial charge in [-0.3, -0.25) is 9.59 Å². The number of carbonyl (C=O) groups is 2. The minimum atomic E-state index is -0.434. The van der Waals surface area contributed by atoms with E-state index in [-0.39, 0.29) is 24.9 Å². The average Bonchev–Trinajstić information content (AvgIpc) is 3.29. The average molecular weight is 380 g/mol. The Bertz CT molecular complexity index is 965. The van der Waals surface area contributed by atoms with Gasteiger partial charge < -0.3 is 9.64 Å². The lowest BCUT2D eigenvalue weighted by molar-refractivity contribution is -0.149. The number of rotatable bonds is 5. The van der Waals surface area contributed by atoms with E-state index in [0.29, 0.717) is 6.54 Å². The quantitative estimate of drug-likeness (QED) is 0.629. The Hall–Kier alpha value is -2.73. The summed E-state index contributed by atoms with van der Waals surface area (Å²) in [6.45, 7) is 2.58. The van der Waals surface area contributed by atoms with Gasteiger partial charge in [-0.2, -0.15) is 0 Å². The molecule has 6 heteroatoms. The van der Waals surface area contributed by atoms with Crippen LogP contribution in [0.15, 0.2) is 48.5 Å². The highest BCUT2D eigenvalue weighted by Crippen LogP contribution is 2.29. The lowest BCUT2D eigenvalue weighted by atomic mass is 10.1. The fourth-order valence-corrected chi connectivity index (χ4v) is 4.28. The fourth-order valence-electron chi connectivity index (χ4n) is 3.40. The van der Waals surface area contributed by atoms with Gasteiger partial charge >= 0.3 is 5.97 Å². The first-order valence-electron chi connectivity index (χ1n) is 9.05. The maximum atomic E-state index is 12.5. The van der Waals surface area contributed by atoms with Gasteiger partial charge in [-0.25, -0.2) is 4.98 Å². The van der Waals surface area contributed by atoms with Crippen LogP contribution in [0.4, 0.5) is 5.69 Å². The summed E-state index contributed by atoms with van der Waals surface area (Å²) in [5.41, 5.74) is 2.91. The summed E-state index contributed by atoms with van der Waals surface area (Å²) in [4.78, 5) is 31.1. The summed E-state index contributed by atoms with van der Waals surface area (Å²) < 4.78 is 6.53. The molecule has 1 saturated heterocycles. The zero-order valence-corrected chi connectivity index (χ0v) is 15.9. The lowest BCUT2D eigenvalue weighted by Crippen LogP contribution is -2.27. The number of aryl methyl sites for hydroxylation is 1. The molecule has 5 nitrogen and oxygen atoms in total. The first kappa shape index (κ1) is 17.7. The van der Waals surface area contributed by atoms with Gasteiger partial charge in [0.25, 0.3) is 0 Å². The van der Waals surface area contributed by atoms with E-state index in [1.165, 1.54) is 11.3 Å². The van der Waals surface area contributed by atoms with Gasteiger partial charge in [0.1, 0.15) is 11.6 Å². The van der Waals surface area contributed by atoms with E-state index in [9.17, 15) is 9.59 Å². The molecule has 1 amide bonds. The van der Waals surface area contributed by atoms with Crippen molar-refractivity contribution in [1.29, 1.82) is 0 Å². The van der Waals surface area contributed by atoms with Crippen LogP contribution in [0.3, 0.4) is 0 Å². The summed E-state index contributed by atoms with van der Waals surface area (Å²) in [6, 6.07) is 15.7. The third-order valence-corrected chi connectivity index (χ3v) is 5.81. The molecular weight excluding hydrogens is 360 g/mol. The van der Waals surface area contributed by atoms with E-state index in [4.69, 9.17) is 4.74 Å². The Morgan fingerprint density at radius 2 is 2.00 bits per heavy atom. The Morgan fingerprint density at radius 3 is 2.81 bits per heavy atom.